The standard InChI is InChI=1S/C18H24Cl2N2O2/c1-17(2,3)15(22-16(24)18(4,5)21-11-23)9-7-12-6-8-13(19)10-14(12)20/h6-11,15H,1-5H3,(H,21,23)(H,22,24)/b9-7+. The molecule has 0 fully saturated rings. The predicted octanol–water partition coefficient (Wildman–Crippen LogP) is 4.06. The van der Waals surface area contributed by atoms with E-state index in [-0.39, 0.29) is 17.4 Å². The lowest BCUT2D eigenvalue weighted by Crippen LogP contribution is -2.56. The van der Waals surface area contributed by atoms with Gasteiger partial charge >= 0.3 is 0 Å². The van der Waals surface area contributed by atoms with Crippen molar-refractivity contribution < 1.29 is 9.59 Å². The number of halogens is 2. The molecule has 0 heterocycles. The average molecular weight is 371 g/mol. The van der Waals surface area contributed by atoms with Crippen LogP contribution >= 0.6 is 23.2 Å². The Labute approximate surface area is 153 Å². The van der Waals surface area contributed by atoms with E-state index in [1.165, 1.54) is 0 Å². The van der Waals surface area contributed by atoms with Crippen LogP contribution in [0, 0.1) is 5.41 Å². The Morgan fingerprint density at radius 1 is 1.17 bits per heavy atom. The maximum atomic E-state index is 12.4. The van der Waals surface area contributed by atoms with Gasteiger partial charge in [-0.1, -0.05) is 62.2 Å². The molecule has 4 nitrogen and oxygen atoms in total. The molecule has 0 radical (unpaired) electrons. The monoisotopic (exact) mass is 370 g/mol. The molecule has 0 spiro atoms. The van der Waals surface area contributed by atoms with Crippen LogP contribution in [-0.4, -0.2) is 23.9 Å². The minimum Gasteiger partial charge on any atom is -0.347 e. The first-order valence-electron chi connectivity index (χ1n) is 7.63. The van der Waals surface area contributed by atoms with Gasteiger partial charge in [0.25, 0.3) is 0 Å². The van der Waals surface area contributed by atoms with E-state index in [9.17, 15) is 9.59 Å². The van der Waals surface area contributed by atoms with E-state index in [1.54, 1.807) is 26.0 Å². The Hall–Kier alpha value is -1.52. The molecular formula is C18H24Cl2N2O2. The van der Waals surface area contributed by atoms with Gasteiger partial charge in [0, 0.05) is 10.0 Å². The van der Waals surface area contributed by atoms with Crippen molar-refractivity contribution in [2.24, 2.45) is 5.41 Å². The third kappa shape index (κ3) is 5.84. The van der Waals surface area contributed by atoms with E-state index >= 15 is 0 Å². The number of hydrogen-bond donors (Lipinski definition) is 2. The molecule has 0 aliphatic carbocycles. The summed E-state index contributed by atoms with van der Waals surface area (Å²) in [6.45, 7) is 9.36. The molecular weight excluding hydrogens is 347 g/mol. The molecule has 1 atom stereocenters. The van der Waals surface area contributed by atoms with Crippen LogP contribution in [-0.2, 0) is 9.59 Å². The Morgan fingerprint density at radius 2 is 1.79 bits per heavy atom. The third-order valence-corrected chi connectivity index (χ3v) is 4.20. The van der Waals surface area contributed by atoms with Crippen LogP contribution in [0.1, 0.15) is 40.2 Å². The van der Waals surface area contributed by atoms with E-state index < -0.39 is 5.54 Å². The van der Waals surface area contributed by atoms with Crippen molar-refractivity contribution in [1.82, 2.24) is 10.6 Å². The summed E-state index contributed by atoms with van der Waals surface area (Å²) in [5.41, 5.74) is -0.394. The minimum absolute atomic E-state index is 0.220. The SMILES string of the molecule is CC(C)(NC=O)C(=O)NC(/C=C/c1ccc(Cl)cc1Cl)C(C)(C)C. The Kier molecular flexibility index (Phi) is 6.87. The van der Waals surface area contributed by atoms with Gasteiger partial charge in [-0.3, -0.25) is 9.59 Å². The summed E-state index contributed by atoms with van der Waals surface area (Å²) in [5.74, 6) is -0.263. The smallest absolute Gasteiger partial charge is 0.245 e. The Bertz CT molecular complexity index is 634. The number of carbonyl (C=O) groups excluding carboxylic acids is 2. The van der Waals surface area contributed by atoms with Crippen molar-refractivity contribution >= 4 is 41.6 Å². The Morgan fingerprint density at radius 3 is 2.29 bits per heavy atom. The van der Waals surface area contributed by atoms with E-state index in [2.05, 4.69) is 10.6 Å². The van der Waals surface area contributed by atoms with Crippen molar-refractivity contribution in [2.45, 2.75) is 46.2 Å². The lowest BCUT2D eigenvalue weighted by atomic mass is 9.85. The molecule has 0 saturated carbocycles. The van der Waals surface area contributed by atoms with E-state index in [4.69, 9.17) is 23.2 Å². The summed E-state index contributed by atoms with van der Waals surface area (Å²) in [6.07, 6.45) is 4.27. The van der Waals surface area contributed by atoms with Crippen molar-refractivity contribution in [3.8, 4) is 0 Å². The molecule has 6 heteroatoms. The van der Waals surface area contributed by atoms with Crippen molar-refractivity contribution in [2.75, 3.05) is 0 Å². The molecule has 1 rings (SSSR count). The zero-order valence-corrected chi connectivity index (χ0v) is 16.1. The quantitative estimate of drug-likeness (QED) is 0.741. The molecule has 0 aromatic heterocycles. The van der Waals surface area contributed by atoms with Gasteiger partial charge in [-0.05, 0) is 37.0 Å². The number of nitrogens with one attached hydrogen (secondary N) is 2. The average Bonchev–Trinajstić information content (AvgIpc) is 2.43. The van der Waals surface area contributed by atoms with E-state index in [1.807, 2.05) is 39.0 Å². The third-order valence-electron chi connectivity index (χ3n) is 3.64. The Balaban J connectivity index is 3.00. The van der Waals surface area contributed by atoms with Crippen LogP contribution in [0.2, 0.25) is 10.0 Å². The number of benzene rings is 1. The highest BCUT2D eigenvalue weighted by molar-refractivity contribution is 6.35. The highest BCUT2D eigenvalue weighted by Crippen LogP contribution is 2.25. The van der Waals surface area contributed by atoms with Gasteiger partial charge in [0.05, 0.1) is 6.04 Å². The van der Waals surface area contributed by atoms with Gasteiger partial charge < -0.3 is 10.6 Å². The molecule has 2 amide bonds. The van der Waals surface area contributed by atoms with Gasteiger partial charge in [0.15, 0.2) is 0 Å². The fourth-order valence-corrected chi connectivity index (χ4v) is 2.40. The van der Waals surface area contributed by atoms with Crippen molar-refractivity contribution in [3.05, 3.63) is 39.9 Å². The fourth-order valence-electron chi connectivity index (χ4n) is 1.92. The molecule has 132 valence electrons. The number of hydrogen-bond acceptors (Lipinski definition) is 2. The van der Waals surface area contributed by atoms with Crippen LogP contribution in [0.25, 0.3) is 6.08 Å². The summed E-state index contributed by atoms with van der Waals surface area (Å²) < 4.78 is 0. The first-order chi connectivity index (χ1) is 11.0. The zero-order valence-electron chi connectivity index (χ0n) is 14.6. The summed E-state index contributed by atoms with van der Waals surface area (Å²) in [5, 5.41) is 6.59. The minimum atomic E-state index is -0.989. The first-order valence-corrected chi connectivity index (χ1v) is 8.38. The maximum absolute atomic E-state index is 12.4. The molecule has 0 saturated heterocycles. The highest BCUT2D eigenvalue weighted by Gasteiger charge is 2.31. The van der Waals surface area contributed by atoms with Crippen LogP contribution in [0.5, 0.6) is 0 Å². The summed E-state index contributed by atoms with van der Waals surface area (Å²) in [4.78, 5) is 23.1. The molecule has 1 aromatic carbocycles. The van der Waals surface area contributed by atoms with Crippen LogP contribution in [0.15, 0.2) is 24.3 Å². The van der Waals surface area contributed by atoms with Gasteiger partial charge in [0.1, 0.15) is 5.54 Å². The van der Waals surface area contributed by atoms with Gasteiger partial charge in [-0.2, -0.15) is 0 Å². The lowest BCUT2D eigenvalue weighted by Gasteiger charge is -2.32. The fraction of sp³-hybridized carbons (Fsp3) is 0.444. The topological polar surface area (TPSA) is 58.2 Å². The molecule has 1 unspecified atom stereocenters. The van der Waals surface area contributed by atoms with E-state index in [0.717, 1.165) is 5.56 Å². The summed E-state index contributed by atoms with van der Waals surface area (Å²) in [6, 6.07) is 5.00. The first kappa shape index (κ1) is 20.5. The second kappa shape index (κ2) is 8.04. The molecule has 0 aliphatic heterocycles. The van der Waals surface area contributed by atoms with Gasteiger partial charge in [-0.25, -0.2) is 0 Å². The van der Waals surface area contributed by atoms with Crippen LogP contribution < -0.4 is 10.6 Å². The normalized spacial score (nSPS) is 13.6. The number of rotatable bonds is 6. The van der Waals surface area contributed by atoms with E-state index in [0.29, 0.717) is 16.5 Å². The number of amides is 2. The highest BCUT2D eigenvalue weighted by atomic mass is 35.5. The summed E-state index contributed by atoms with van der Waals surface area (Å²) in [7, 11) is 0. The van der Waals surface area contributed by atoms with Crippen LogP contribution in [0.3, 0.4) is 0 Å². The second-order valence-electron chi connectivity index (χ2n) is 7.23. The molecule has 2 N–H and O–H groups in total. The van der Waals surface area contributed by atoms with Gasteiger partial charge in [0.2, 0.25) is 12.3 Å². The largest absolute Gasteiger partial charge is 0.347 e. The zero-order chi connectivity index (χ0) is 18.5. The molecule has 0 bridgehead atoms. The van der Waals surface area contributed by atoms with Crippen molar-refractivity contribution in [1.29, 1.82) is 0 Å². The maximum Gasteiger partial charge on any atom is 0.245 e. The molecule has 0 aliphatic rings. The predicted molar refractivity (Wildman–Crippen MR) is 100 cm³/mol. The summed E-state index contributed by atoms with van der Waals surface area (Å²) >= 11 is 12.1. The van der Waals surface area contributed by atoms with Crippen LogP contribution in [0.4, 0.5) is 0 Å². The lowest BCUT2D eigenvalue weighted by molar-refractivity contribution is -0.129. The number of carbonyl (C=O) groups is 2. The molecule has 24 heavy (non-hydrogen) atoms. The van der Waals surface area contributed by atoms with Gasteiger partial charge in [-0.15, -0.1) is 0 Å². The second-order valence-corrected chi connectivity index (χ2v) is 8.07. The van der Waals surface area contributed by atoms with Crippen molar-refractivity contribution in [3.63, 3.8) is 0 Å². The molecule has 1 aromatic rings.